The van der Waals surface area contributed by atoms with Crippen LogP contribution in [0.5, 0.6) is 5.75 Å². The van der Waals surface area contributed by atoms with Gasteiger partial charge in [-0.1, -0.05) is 6.08 Å². The second kappa shape index (κ2) is 6.04. The summed E-state index contributed by atoms with van der Waals surface area (Å²) in [5.41, 5.74) is -0.908. The molecule has 0 amide bonds. The SMILES string of the molecule is Cc1cc(O)c(C(=O)/C=C/c2ccc([N+](=O)[O-])cc2)c(=O)o1. The summed E-state index contributed by atoms with van der Waals surface area (Å²) in [6.07, 6.45) is 2.47. The molecule has 0 fully saturated rings. The lowest BCUT2D eigenvalue weighted by Gasteiger charge is -1.99. The van der Waals surface area contributed by atoms with Crippen LogP contribution in [-0.2, 0) is 0 Å². The van der Waals surface area contributed by atoms with Crippen LogP contribution in [-0.4, -0.2) is 15.8 Å². The molecule has 1 aromatic carbocycles. The first-order valence-electron chi connectivity index (χ1n) is 6.19. The maximum absolute atomic E-state index is 11.9. The molecule has 2 aromatic rings. The van der Waals surface area contributed by atoms with E-state index in [0.717, 1.165) is 6.08 Å². The van der Waals surface area contributed by atoms with E-state index >= 15 is 0 Å². The summed E-state index contributed by atoms with van der Waals surface area (Å²) >= 11 is 0. The second-order valence-corrected chi connectivity index (χ2v) is 4.45. The number of rotatable bonds is 4. The van der Waals surface area contributed by atoms with Crippen LogP contribution in [0.3, 0.4) is 0 Å². The molecule has 112 valence electrons. The number of non-ortho nitro benzene ring substituents is 1. The van der Waals surface area contributed by atoms with E-state index in [2.05, 4.69) is 0 Å². The number of aryl methyl sites for hydroxylation is 1. The number of hydrogen-bond donors (Lipinski definition) is 1. The third-order valence-corrected chi connectivity index (χ3v) is 2.83. The standard InChI is InChI=1S/C15H11NO6/c1-9-8-13(18)14(15(19)22-9)12(17)7-4-10-2-5-11(6-3-10)16(20)21/h2-8,18H,1H3/b7-4+. The Morgan fingerprint density at radius 2 is 1.95 bits per heavy atom. The van der Waals surface area contributed by atoms with E-state index < -0.39 is 27.6 Å². The van der Waals surface area contributed by atoms with Crippen LogP contribution in [0.2, 0.25) is 0 Å². The average Bonchev–Trinajstić information content (AvgIpc) is 2.44. The molecule has 1 N–H and O–H groups in total. The summed E-state index contributed by atoms with van der Waals surface area (Å²) in [7, 11) is 0. The van der Waals surface area contributed by atoms with E-state index in [1.165, 1.54) is 43.3 Å². The number of nitro groups is 1. The minimum atomic E-state index is -0.921. The summed E-state index contributed by atoms with van der Waals surface area (Å²) in [6, 6.07) is 6.68. The third kappa shape index (κ3) is 3.26. The molecule has 0 aliphatic rings. The zero-order valence-electron chi connectivity index (χ0n) is 11.5. The largest absolute Gasteiger partial charge is 0.507 e. The maximum Gasteiger partial charge on any atom is 0.351 e. The fourth-order valence-corrected chi connectivity index (χ4v) is 1.79. The monoisotopic (exact) mass is 301 g/mol. The van der Waals surface area contributed by atoms with Gasteiger partial charge in [0.05, 0.1) is 4.92 Å². The molecule has 0 saturated heterocycles. The summed E-state index contributed by atoms with van der Waals surface area (Å²) < 4.78 is 4.76. The van der Waals surface area contributed by atoms with Crippen LogP contribution in [0.15, 0.2) is 45.6 Å². The molecule has 7 nitrogen and oxygen atoms in total. The Kier molecular flexibility index (Phi) is 4.17. The first-order valence-corrected chi connectivity index (χ1v) is 6.19. The van der Waals surface area contributed by atoms with Crippen molar-refractivity contribution in [2.45, 2.75) is 6.92 Å². The molecular formula is C15H11NO6. The van der Waals surface area contributed by atoms with Crippen molar-refractivity contribution in [2.75, 3.05) is 0 Å². The number of carbonyl (C=O) groups is 1. The van der Waals surface area contributed by atoms with Gasteiger partial charge in [0, 0.05) is 18.2 Å². The number of allylic oxidation sites excluding steroid dienone is 1. The predicted octanol–water partition coefficient (Wildman–Crippen LogP) is 2.46. The lowest BCUT2D eigenvalue weighted by molar-refractivity contribution is -0.384. The van der Waals surface area contributed by atoms with Gasteiger partial charge >= 0.3 is 5.63 Å². The van der Waals surface area contributed by atoms with Gasteiger partial charge < -0.3 is 9.52 Å². The van der Waals surface area contributed by atoms with E-state index in [0.29, 0.717) is 5.56 Å². The third-order valence-electron chi connectivity index (χ3n) is 2.83. The number of hydrogen-bond acceptors (Lipinski definition) is 6. The van der Waals surface area contributed by atoms with Gasteiger partial charge in [0.1, 0.15) is 17.1 Å². The lowest BCUT2D eigenvalue weighted by atomic mass is 10.1. The Bertz CT molecular complexity index is 817. The van der Waals surface area contributed by atoms with Gasteiger partial charge in [-0.15, -0.1) is 0 Å². The Balaban J connectivity index is 2.25. The van der Waals surface area contributed by atoms with Crippen LogP contribution in [0.4, 0.5) is 5.69 Å². The molecule has 0 atom stereocenters. The van der Waals surface area contributed by atoms with Gasteiger partial charge in [0.25, 0.3) is 5.69 Å². The van der Waals surface area contributed by atoms with E-state index in [-0.39, 0.29) is 11.4 Å². The quantitative estimate of drug-likeness (QED) is 0.402. The van der Waals surface area contributed by atoms with Crippen molar-refractivity contribution in [3.8, 4) is 5.75 Å². The summed E-state index contributed by atoms with van der Waals surface area (Å²) in [5, 5.41) is 20.2. The lowest BCUT2D eigenvalue weighted by Crippen LogP contribution is -2.12. The van der Waals surface area contributed by atoms with Crippen LogP contribution in [0, 0.1) is 17.0 Å². The normalized spacial score (nSPS) is 10.8. The Morgan fingerprint density at radius 3 is 2.50 bits per heavy atom. The van der Waals surface area contributed by atoms with Gasteiger partial charge in [0.2, 0.25) is 0 Å². The zero-order chi connectivity index (χ0) is 16.3. The number of ketones is 1. The van der Waals surface area contributed by atoms with Gasteiger partial charge in [-0.2, -0.15) is 0 Å². The van der Waals surface area contributed by atoms with Gasteiger partial charge in [0.15, 0.2) is 5.78 Å². The highest BCUT2D eigenvalue weighted by atomic mass is 16.6. The summed E-state index contributed by atoms with van der Waals surface area (Å²) in [4.78, 5) is 33.5. The average molecular weight is 301 g/mol. The van der Waals surface area contributed by atoms with Crippen molar-refractivity contribution in [1.82, 2.24) is 0 Å². The highest BCUT2D eigenvalue weighted by Crippen LogP contribution is 2.17. The first kappa shape index (κ1) is 15.2. The van der Waals surface area contributed by atoms with Gasteiger partial charge in [-0.3, -0.25) is 14.9 Å². The highest BCUT2D eigenvalue weighted by molar-refractivity contribution is 6.08. The number of benzene rings is 1. The molecule has 0 bridgehead atoms. The molecule has 22 heavy (non-hydrogen) atoms. The molecule has 0 saturated carbocycles. The smallest absolute Gasteiger partial charge is 0.351 e. The molecule has 0 spiro atoms. The van der Waals surface area contributed by atoms with E-state index in [1.807, 2.05) is 0 Å². The Hall–Kier alpha value is -3.22. The van der Waals surface area contributed by atoms with Crippen LogP contribution >= 0.6 is 0 Å². The molecule has 0 unspecified atom stereocenters. The van der Waals surface area contributed by atoms with Crippen LogP contribution in [0.25, 0.3) is 6.08 Å². The number of aromatic hydroxyl groups is 1. The zero-order valence-corrected chi connectivity index (χ0v) is 11.5. The molecule has 0 radical (unpaired) electrons. The maximum atomic E-state index is 11.9. The summed E-state index contributed by atoms with van der Waals surface area (Å²) in [5.74, 6) is -0.977. The molecule has 7 heteroatoms. The Morgan fingerprint density at radius 1 is 1.32 bits per heavy atom. The number of nitrogens with zero attached hydrogens (tertiary/aromatic N) is 1. The molecule has 1 aromatic heterocycles. The van der Waals surface area contributed by atoms with Gasteiger partial charge in [-0.05, 0) is 30.7 Å². The fraction of sp³-hybridized carbons (Fsp3) is 0.0667. The minimum absolute atomic E-state index is 0.0692. The number of nitro benzene ring substituents is 1. The molecule has 2 rings (SSSR count). The molecular weight excluding hydrogens is 290 g/mol. The minimum Gasteiger partial charge on any atom is -0.507 e. The summed E-state index contributed by atoms with van der Waals surface area (Å²) in [6.45, 7) is 1.47. The predicted molar refractivity (Wildman–Crippen MR) is 77.8 cm³/mol. The van der Waals surface area contributed by atoms with E-state index in [9.17, 15) is 24.8 Å². The second-order valence-electron chi connectivity index (χ2n) is 4.45. The molecule has 0 aliphatic carbocycles. The first-order chi connectivity index (χ1) is 10.4. The topological polar surface area (TPSA) is 111 Å². The van der Waals surface area contributed by atoms with Crippen molar-refractivity contribution in [3.05, 3.63) is 73.8 Å². The van der Waals surface area contributed by atoms with Crippen LogP contribution < -0.4 is 5.63 Å². The molecule has 1 heterocycles. The van der Waals surface area contributed by atoms with Crippen molar-refractivity contribution in [2.24, 2.45) is 0 Å². The van der Waals surface area contributed by atoms with Crippen molar-refractivity contribution in [1.29, 1.82) is 0 Å². The van der Waals surface area contributed by atoms with Crippen LogP contribution in [0.1, 0.15) is 21.7 Å². The Labute approximate surface area is 124 Å². The highest BCUT2D eigenvalue weighted by Gasteiger charge is 2.15. The fourth-order valence-electron chi connectivity index (χ4n) is 1.79. The van der Waals surface area contributed by atoms with E-state index in [1.54, 1.807) is 0 Å². The van der Waals surface area contributed by atoms with Crippen molar-refractivity contribution >= 4 is 17.5 Å². The van der Waals surface area contributed by atoms with E-state index in [4.69, 9.17) is 4.42 Å². The van der Waals surface area contributed by atoms with Gasteiger partial charge in [-0.25, -0.2) is 4.79 Å². The number of carbonyl (C=O) groups excluding carboxylic acids is 1. The van der Waals surface area contributed by atoms with Crippen molar-refractivity contribution in [3.63, 3.8) is 0 Å². The molecule has 0 aliphatic heterocycles. The van der Waals surface area contributed by atoms with Crippen molar-refractivity contribution < 1.29 is 19.2 Å².